The van der Waals surface area contributed by atoms with Gasteiger partial charge in [0, 0.05) is 25.7 Å². The van der Waals surface area contributed by atoms with Gasteiger partial charge in [-0.2, -0.15) is 0 Å². The van der Waals surface area contributed by atoms with Gasteiger partial charge in [-0.3, -0.25) is 9.69 Å². The normalized spacial score (nSPS) is 19.9. The van der Waals surface area contributed by atoms with Crippen LogP contribution in [-0.2, 0) is 24.2 Å². The molecule has 0 saturated carbocycles. The zero-order chi connectivity index (χ0) is 26.3. The second-order valence-electron chi connectivity index (χ2n) is 10.8. The number of nitrogens with zero attached hydrogens (tertiary/aromatic N) is 2. The van der Waals surface area contributed by atoms with Crippen molar-refractivity contribution in [3.05, 3.63) is 95.6 Å². The molecule has 0 radical (unpaired) electrons. The molecule has 2 bridgehead atoms. The summed E-state index contributed by atoms with van der Waals surface area (Å²) in [5, 5.41) is 0. The number of carbonyl (C=O) groups is 1. The zero-order valence-electron chi connectivity index (χ0n) is 22.7. The van der Waals surface area contributed by atoms with Crippen LogP contribution in [0.1, 0.15) is 42.4 Å². The lowest BCUT2D eigenvalue weighted by atomic mass is 9.92. The molecule has 5 nitrogen and oxygen atoms in total. The molecular weight excluding hydrogens is 472 g/mol. The molecule has 1 amide bonds. The summed E-state index contributed by atoms with van der Waals surface area (Å²) in [5.74, 6) is 2.29. The summed E-state index contributed by atoms with van der Waals surface area (Å²) in [7, 11) is 3.35. The SMILES string of the molecule is COc1ccc(CCC(CCc2ccccc2)CN2CC3CCC(C2=O)N3Cc2ccccc2)cc1OC. The van der Waals surface area contributed by atoms with Crippen LogP contribution >= 0.6 is 0 Å². The Morgan fingerprint density at radius 2 is 1.45 bits per heavy atom. The number of aryl methyl sites for hydroxylation is 2. The van der Waals surface area contributed by atoms with E-state index in [2.05, 4.69) is 82.6 Å². The van der Waals surface area contributed by atoms with Crippen molar-refractivity contribution in [3.8, 4) is 11.5 Å². The van der Waals surface area contributed by atoms with Gasteiger partial charge in [-0.15, -0.1) is 0 Å². The predicted octanol–water partition coefficient (Wildman–Crippen LogP) is 5.76. The van der Waals surface area contributed by atoms with Gasteiger partial charge in [-0.05, 0) is 73.3 Å². The van der Waals surface area contributed by atoms with Gasteiger partial charge >= 0.3 is 0 Å². The van der Waals surface area contributed by atoms with Crippen molar-refractivity contribution in [1.29, 1.82) is 0 Å². The Hall–Kier alpha value is -3.31. The van der Waals surface area contributed by atoms with E-state index in [1.807, 2.05) is 6.07 Å². The van der Waals surface area contributed by atoms with Crippen LogP contribution in [0.2, 0.25) is 0 Å². The first-order valence-corrected chi connectivity index (χ1v) is 14.0. The fraction of sp³-hybridized carbons (Fsp3) is 0.424. The largest absolute Gasteiger partial charge is 0.493 e. The first-order valence-electron chi connectivity index (χ1n) is 14.0. The van der Waals surface area contributed by atoms with Gasteiger partial charge in [0.05, 0.1) is 20.3 Å². The quantitative estimate of drug-likeness (QED) is 0.309. The molecule has 0 N–H and O–H groups in total. The third kappa shape index (κ3) is 6.21. The highest BCUT2D eigenvalue weighted by atomic mass is 16.5. The summed E-state index contributed by atoms with van der Waals surface area (Å²) in [4.78, 5) is 18.3. The Kier molecular flexibility index (Phi) is 8.65. The molecule has 2 aliphatic rings. The number of likely N-dealkylation sites (tertiary alicyclic amines) is 1. The second-order valence-corrected chi connectivity index (χ2v) is 10.8. The van der Waals surface area contributed by atoms with Gasteiger partial charge in [0.15, 0.2) is 11.5 Å². The molecule has 3 unspecified atom stereocenters. The summed E-state index contributed by atoms with van der Waals surface area (Å²) < 4.78 is 10.9. The molecule has 2 heterocycles. The van der Waals surface area contributed by atoms with Crippen molar-refractivity contribution in [3.63, 3.8) is 0 Å². The Morgan fingerprint density at radius 3 is 2.13 bits per heavy atom. The summed E-state index contributed by atoms with van der Waals surface area (Å²) in [6.07, 6.45) is 6.19. The number of hydrogen-bond acceptors (Lipinski definition) is 4. The maximum atomic E-state index is 13.7. The summed E-state index contributed by atoms with van der Waals surface area (Å²) in [5.41, 5.74) is 3.90. The number of rotatable bonds is 12. The van der Waals surface area contributed by atoms with Crippen LogP contribution in [0.15, 0.2) is 78.9 Å². The number of ether oxygens (including phenoxy) is 2. The molecule has 3 atom stereocenters. The lowest BCUT2D eigenvalue weighted by molar-refractivity contribution is -0.142. The standard InChI is InChI=1S/C33H40N2O3/c1-37-31-20-17-26(21-32(31)38-2)14-16-28(15-13-25-9-5-3-6-10-25)22-34-24-29-18-19-30(33(34)36)35(29)23-27-11-7-4-8-12-27/h3-12,17,20-21,28-30H,13-16,18-19,22-24H2,1-2H3. The minimum absolute atomic E-state index is 0.0228. The van der Waals surface area contributed by atoms with Crippen molar-refractivity contribution in [2.75, 3.05) is 27.3 Å². The molecule has 3 aromatic rings. The maximum absolute atomic E-state index is 13.7. The van der Waals surface area contributed by atoms with E-state index < -0.39 is 0 Å². The van der Waals surface area contributed by atoms with Crippen molar-refractivity contribution in [2.24, 2.45) is 5.92 Å². The van der Waals surface area contributed by atoms with E-state index in [1.165, 1.54) is 16.7 Å². The molecule has 3 aromatic carbocycles. The fourth-order valence-electron chi connectivity index (χ4n) is 6.21. The zero-order valence-corrected chi connectivity index (χ0v) is 22.7. The predicted molar refractivity (Wildman–Crippen MR) is 151 cm³/mol. The van der Waals surface area contributed by atoms with E-state index in [-0.39, 0.29) is 6.04 Å². The van der Waals surface area contributed by atoms with E-state index >= 15 is 0 Å². The number of benzene rings is 3. The molecular formula is C33H40N2O3. The van der Waals surface area contributed by atoms with Crippen LogP contribution in [0.5, 0.6) is 11.5 Å². The smallest absolute Gasteiger partial charge is 0.240 e. The Bertz CT molecular complexity index is 1180. The molecule has 200 valence electrons. The number of piperazine rings is 1. The third-order valence-electron chi connectivity index (χ3n) is 8.33. The molecule has 5 heteroatoms. The number of methoxy groups -OCH3 is 2. The topological polar surface area (TPSA) is 42.0 Å². The summed E-state index contributed by atoms with van der Waals surface area (Å²) >= 11 is 0. The second kappa shape index (κ2) is 12.5. The molecule has 0 aromatic heterocycles. The van der Waals surface area contributed by atoms with E-state index in [0.29, 0.717) is 17.9 Å². The number of amides is 1. The average Bonchev–Trinajstić information content (AvgIpc) is 3.27. The number of hydrogen-bond donors (Lipinski definition) is 0. The van der Waals surface area contributed by atoms with Crippen molar-refractivity contribution < 1.29 is 14.3 Å². The highest BCUT2D eigenvalue weighted by molar-refractivity contribution is 5.83. The molecule has 38 heavy (non-hydrogen) atoms. The van der Waals surface area contributed by atoms with Crippen molar-refractivity contribution >= 4 is 5.91 Å². The van der Waals surface area contributed by atoms with Crippen molar-refractivity contribution in [2.45, 2.75) is 57.2 Å². The minimum Gasteiger partial charge on any atom is -0.493 e. The van der Waals surface area contributed by atoms with E-state index in [1.54, 1.807) is 14.2 Å². The molecule has 0 aliphatic carbocycles. The number of carbonyl (C=O) groups excluding carboxylic acids is 1. The monoisotopic (exact) mass is 512 g/mol. The molecule has 2 saturated heterocycles. The highest BCUT2D eigenvalue weighted by Crippen LogP contribution is 2.34. The van der Waals surface area contributed by atoms with E-state index in [4.69, 9.17) is 9.47 Å². The van der Waals surface area contributed by atoms with Gasteiger partial charge in [0.25, 0.3) is 0 Å². The van der Waals surface area contributed by atoms with Crippen LogP contribution in [0.3, 0.4) is 0 Å². The van der Waals surface area contributed by atoms with Gasteiger partial charge in [0.2, 0.25) is 5.91 Å². The van der Waals surface area contributed by atoms with Crippen LogP contribution in [0.4, 0.5) is 0 Å². The van der Waals surface area contributed by atoms with Crippen molar-refractivity contribution in [1.82, 2.24) is 9.80 Å². The summed E-state index contributed by atoms with van der Waals surface area (Å²) in [6, 6.07) is 28.0. The van der Waals surface area contributed by atoms with E-state index in [0.717, 1.165) is 69.7 Å². The van der Waals surface area contributed by atoms with Crippen LogP contribution in [-0.4, -0.2) is 55.1 Å². The van der Waals surface area contributed by atoms with Gasteiger partial charge in [-0.1, -0.05) is 66.7 Å². The fourth-order valence-corrected chi connectivity index (χ4v) is 6.21. The summed E-state index contributed by atoms with van der Waals surface area (Å²) in [6.45, 7) is 2.55. The van der Waals surface area contributed by atoms with Gasteiger partial charge in [-0.25, -0.2) is 0 Å². The maximum Gasteiger partial charge on any atom is 0.240 e. The van der Waals surface area contributed by atoms with Gasteiger partial charge < -0.3 is 14.4 Å². The first kappa shape index (κ1) is 26.3. The first-order chi connectivity index (χ1) is 18.6. The van der Waals surface area contributed by atoms with Crippen LogP contribution in [0.25, 0.3) is 0 Å². The Balaban J connectivity index is 1.26. The van der Waals surface area contributed by atoms with Crippen LogP contribution < -0.4 is 9.47 Å². The molecule has 0 spiro atoms. The minimum atomic E-state index is 0.0228. The lowest BCUT2D eigenvalue weighted by Crippen LogP contribution is -2.57. The molecule has 2 fully saturated rings. The lowest BCUT2D eigenvalue weighted by Gasteiger charge is -2.41. The molecule has 2 aliphatic heterocycles. The third-order valence-corrected chi connectivity index (χ3v) is 8.33. The van der Waals surface area contributed by atoms with Gasteiger partial charge in [0.1, 0.15) is 0 Å². The Labute approximate surface area is 227 Å². The number of fused-ring (bicyclic) bond motifs is 2. The Morgan fingerprint density at radius 1 is 0.789 bits per heavy atom. The molecule has 5 rings (SSSR count). The van der Waals surface area contributed by atoms with E-state index in [9.17, 15) is 4.79 Å². The highest BCUT2D eigenvalue weighted by Gasteiger charge is 2.45. The van der Waals surface area contributed by atoms with Crippen LogP contribution in [0, 0.1) is 5.92 Å². The average molecular weight is 513 g/mol.